The van der Waals surface area contributed by atoms with Gasteiger partial charge in [0.05, 0.1) is 4.83 Å². The number of carbonyl (C=O) groups excluding carboxylic acids is 2. The fourth-order valence-corrected chi connectivity index (χ4v) is 3.18. The molecule has 1 aliphatic rings. The summed E-state index contributed by atoms with van der Waals surface area (Å²) in [6.45, 7) is 11.9. The number of nitrogens with zero attached hydrogens (tertiary/aromatic N) is 1. The smallest absolute Gasteiger partial charge is 0.232 e. The van der Waals surface area contributed by atoms with Gasteiger partial charge in [0.1, 0.15) is 0 Å². The van der Waals surface area contributed by atoms with Gasteiger partial charge in [0, 0.05) is 22.7 Å². The first-order valence-electron chi connectivity index (χ1n) is 8.19. The molecule has 2 rings (SSSR count). The highest BCUT2D eigenvalue weighted by Crippen LogP contribution is 2.36. The number of hydrogen-bond acceptors (Lipinski definition) is 2. The molecule has 0 radical (unpaired) electrons. The van der Waals surface area contributed by atoms with E-state index in [2.05, 4.69) is 22.9 Å². The second kappa shape index (κ2) is 6.39. The normalized spacial score (nSPS) is 19.0. The lowest BCUT2D eigenvalue weighted by Gasteiger charge is -2.30. The summed E-state index contributed by atoms with van der Waals surface area (Å²) in [5.41, 5.74) is 2.34. The second-order valence-corrected chi connectivity index (χ2v) is 8.82. The van der Waals surface area contributed by atoms with Gasteiger partial charge < -0.3 is 4.90 Å². The highest BCUT2D eigenvalue weighted by Gasteiger charge is 2.37. The van der Waals surface area contributed by atoms with Crippen LogP contribution in [-0.4, -0.2) is 22.6 Å². The van der Waals surface area contributed by atoms with Gasteiger partial charge in [-0.25, -0.2) is 0 Å². The second-order valence-electron chi connectivity index (χ2n) is 7.83. The zero-order valence-corrected chi connectivity index (χ0v) is 16.4. The van der Waals surface area contributed by atoms with E-state index in [-0.39, 0.29) is 28.5 Å². The van der Waals surface area contributed by atoms with E-state index in [9.17, 15) is 9.59 Å². The van der Waals surface area contributed by atoms with Crippen molar-refractivity contribution in [1.29, 1.82) is 0 Å². The number of anilines is 1. The first-order chi connectivity index (χ1) is 10.5. The molecule has 23 heavy (non-hydrogen) atoms. The number of rotatable bonds is 3. The molecule has 0 fully saturated rings. The SMILES string of the molecule is CC(C)C(Br)C(=O)c1ccc2c(c1)CC(C)N2C(=O)C(C)(C)C. The number of amides is 1. The lowest BCUT2D eigenvalue weighted by Crippen LogP contribution is -2.42. The zero-order chi connectivity index (χ0) is 17.5. The third kappa shape index (κ3) is 3.52. The van der Waals surface area contributed by atoms with Crippen LogP contribution >= 0.6 is 15.9 Å². The Bertz CT molecular complexity index is 631. The number of fused-ring (bicyclic) bond motifs is 1. The molecule has 1 amide bonds. The van der Waals surface area contributed by atoms with Crippen molar-refractivity contribution in [3.05, 3.63) is 29.3 Å². The molecule has 0 saturated heterocycles. The average Bonchev–Trinajstić information content (AvgIpc) is 2.78. The highest BCUT2D eigenvalue weighted by atomic mass is 79.9. The number of carbonyl (C=O) groups is 2. The highest BCUT2D eigenvalue weighted by molar-refractivity contribution is 9.10. The Hall–Kier alpha value is -1.16. The van der Waals surface area contributed by atoms with Gasteiger partial charge >= 0.3 is 0 Å². The molecule has 126 valence electrons. The number of hydrogen-bond donors (Lipinski definition) is 0. The third-order valence-corrected chi connectivity index (χ3v) is 5.75. The predicted octanol–water partition coefficient (Wildman–Crippen LogP) is 4.61. The molecule has 2 unspecified atom stereocenters. The van der Waals surface area contributed by atoms with Gasteiger partial charge in [0.25, 0.3) is 0 Å². The molecule has 0 bridgehead atoms. The molecule has 0 aliphatic carbocycles. The molecule has 3 nitrogen and oxygen atoms in total. The topological polar surface area (TPSA) is 37.4 Å². The van der Waals surface area contributed by atoms with Crippen molar-refractivity contribution in [3.8, 4) is 0 Å². The van der Waals surface area contributed by atoms with Crippen LogP contribution in [0.25, 0.3) is 0 Å². The van der Waals surface area contributed by atoms with Crippen molar-refractivity contribution in [2.75, 3.05) is 4.90 Å². The van der Waals surface area contributed by atoms with Crippen LogP contribution in [0.1, 0.15) is 57.5 Å². The summed E-state index contributed by atoms with van der Waals surface area (Å²) in [6.07, 6.45) is 0.799. The van der Waals surface area contributed by atoms with E-state index >= 15 is 0 Å². The summed E-state index contributed by atoms with van der Waals surface area (Å²) in [4.78, 5) is 26.9. The molecule has 1 aliphatic heterocycles. The van der Waals surface area contributed by atoms with Crippen LogP contribution in [0.3, 0.4) is 0 Å². The molecule has 1 aromatic rings. The van der Waals surface area contributed by atoms with Crippen LogP contribution in [0.5, 0.6) is 0 Å². The molecule has 4 heteroatoms. The zero-order valence-electron chi connectivity index (χ0n) is 14.8. The fraction of sp³-hybridized carbons (Fsp3) is 0.579. The maximum absolute atomic E-state index is 12.7. The molecule has 0 saturated carbocycles. The van der Waals surface area contributed by atoms with Crippen LogP contribution in [0.15, 0.2) is 18.2 Å². The van der Waals surface area contributed by atoms with Gasteiger partial charge in [-0.05, 0) is 43.0 Å². The lowest BCUT2D eigenvalue weighted by atomic mass is 9.94. The minimum atomic E-state index is -0.414. The molecular formula is C19H26BrNO2. The van der Waals surface area contributed by atoms with Crippen molar-refractivity contribution >= 4 is 33.3 Å². The Morgan fingerprint density at radius 3 is 2.39 bits per heavy atom. The fourth-order valence-electron chi connectivity index (χ4n) is 2.92. The van der Waals surface area contributed by atoms with Gasteiger partial charge in [-0.2, -0.15) is 0 Å². The van der Waals surface area contributed by atoms with Gasteiger partial charge in [-0.1, -0.05) is 50.5 Å². The molecule has 1 heterocycles. The Morgan fingerprint density at radius 1 is 1.26 bits per heavy atom. The monoisotopic (exact) mass is 379 g/mol. The van der Waals surface area contributed by atoms with E-state index in [1.165, 1.54) is 0 Å². The average molecular weight is 380 g/mol. The minimum absolute atomic E-state index is 0.107. The predicted molar refractivity (Wildman–Crippen MR) is 98.4 cm³/mol. The minimum Gasteiger partial charge on any atom is -0.309 e. The maximum Gasteiger partial charge on any atom is 0.232 e. The Morgan fingerprint density at radius 2 is 1.87 bits per heavy atom. The number of alkyl halides is 1. The Balaban J connectivity index is 2.35. The van der Waals surface area contributed by atoms with Crippen molar-refractivity contribution < 1.29 is 9.59 Å². The molecule has 0 spiro atoms. The summed E-state index contributed by atoms with van der Waals surface area (Å²) in [5, 5.41) is 0. The van der Waals surface area contributed by atoms with E-state index in [0.717, 1.165) is 23.2 Å². The van der Waals surface area contributed by atoms with Crippen LogP contribution in [0.4, 0.5) is 5.69 Å². The summed E-state index contributed by atoms with van der Waals surface area (Å²) in [6, 6.07) is 5.86. The van der Waals surface area contributed by atoms with E-state index in [1.54, 1.807) is 0 Å². The lowest BCUT2D eigenvalue weighted by molar-refractivity contribution is -0.126. The number of ketones is 1. The largest absolute Gasteiger partial charge is 0.309 e. The third-order valence-electron chi connectivity index (χ3n) is 4.28. The van der Waals surface area contributed by atoms with Crippen molar-refractivity contribution in [2.24, 2.45) is 11.3 Å². The van der Waals surface area contributed by atoms with Crippen LogP contribution in [-0.2, 0) is 11.2 Å². The van der Waals surface area contributed by atoms with Crippen molar-refractivity contribution in [2.45, 2.75) is 58.8 Å². The van der Waals surface area contributed by atoms with Crippen LogP contribution in [0, 0.1) is 11.3 Å². The summed E-state index contributed by atoms with van der Waals surface area (Å²) < 4.78 is 0. The Labute approximate surface area is 147 Å². The molecule has 0 N–H and O–H groups in total. The van der Waals surface area contributed by atoms with E-state index < -0.39 is 5.41 Å². The first-order valence-corrected chi connectivity index (χ1v) is 9.10. The summed E-state index contributed by atoms with van der Waals surface area (Å²) >= 11 is 3.48. The van der Waals surface area contributed by atoms with Crippen LogP contribution in [0.2, 0.25) is 0 Å². The molecule has 0 aromatic heterocycles. The molecular weight excluding hydrogens is 354 g/mol. The molecule has 1 aromatic carbocycles. The first kappa shape index (κ1) is 18.2. The summed E-state index contributed by atoms with van der Waals surface area (Å²) in [7, 11) is 0. The van der Waals surface area contributed by atoms with Gasteiger partial charge in [0.2, 0.25) is 5.91 Å². The van der Waals surface area contributed by atoms with Crippen molar-refractivity contribution in [3.63, 3.8) is 0 Å². The van der Waals surface area contributed by atoms with Crippen molar-refractivity contribution in [1.82, 2.24) is 0 Å². The quantitative estimate of drug-likeness (QED) is 0.567. The van der Waals surface area contributed by atoms with E-state index in [1.807, 2.05) is 57.7 Å². The number of halogens is 1. The summed E-state index contributed by atoms with van der Waals surface area (Å²) in [5.74, 6) is 0.480. The van der Waals surface area contributed by atoms with E-state index in [0.29, 0.717) is 0 Å². The van der Waals surface area contributed by atoms with Crippen LogP contribution < -0.4 is 4.90 Å². The van der Waals surface area contributed by atoms with Gasteiger partial charge in [-0.15, -0.1) is 0 Å². The van der Waals surface area contributed by atoms with Gasteiger partial charge in [-0.3, -0.25) is 9.59 Å². The van der Waals surface area contributed by atoms with E-state index in [4.69, 9.17) is 0 Å². The van der Waals surface area contributed by atoms with Gasteiger partial charge in [0.15, 0.2) is 5.78 Å². The number of Topliss-reactive ketones (excluding diaryl/α,β-unsaturated/α-hetero) is 1. The Kier molecular flexibility index (Phi) is 5.05. The maximum atomic E-state index is 12.7. The molecule has 2 atom stereocenters. The standard InChI is InChI=1S/C19H26BrNO2/c1-11(2)16(20)17(22)13-7-8-15-14(10-13)9-12(3)21(15)18(23)19(4,5)6/h7-8,10-12,16H,9H2,1-6H3. The number of benzene rings is 1.